The summed E-state index contributed by atoms with van der Waals surface area (Å²) in [7, 11) is 1.86. The molecule has 7 heteroatoms. The highest BCUT2D eigenvalue weighted by atomic mass is 16.3. The van der Waals surface area contributed by atoms with Crippen molar-refractivity contribution >= 4 is 16.9 Å². The van der Waals surface area contributed by atoms with Crippen molar-refractivity contribution < 1.29 is 5.11 Å². The van der Waals surface area contributed by atoms with Crippen LogP contribution in [0.5, 0.6) is 0 Å². The lowest BCUT2D eigenvalue weighted by atomic mass is 10.00. The number of aliphatic hydroxyl groups is 1. The summed E-state index contributed by atoms with van der Waals surface area (Å²) in [6.07, 6.45) is 6.05. The summed E-state index contributed by atoms with van der Waals surface area (Å²) in [4.78, 5) is 11.4. The Kier molecular flexibility index (Phi) is 4.03. The molecule has 2 aromatic rings. The molecule has 0 aromatic carbocycles. The van der Waals surface area contributed by atoms with E-state index in [0.717, 1.165) is 36.2 Å². The number of aromatic nitrogens is 4. The van der Waals surface area contributed by atoms with E-state index in [-0.39, 0.29) is 6.61 Å². The molecule has 0 aliphatic carbocycles. The average Bonchev–Trinajstić information content (AvgIpc) is 2.84. The Balaban J connectivity index is 1.84. The van der Waals surface area contributed by atoms with Crippen molar-refractivity contribution in [2.24, 2.45) is 7.05 Å². The number of nitrogens with two attached hydrogens (primary N) is 1. The van der Waals surface area contributed by atoms with Gasteiger partial charge in [0.1, 0.15) is 11.6 Å². The van der Waals surface area contributed by atoms with Crippen LogP contribution in [0.15, 0.2) is 6.20 Å². The molecule has 0 bridgehead atoms. The predicted molar refractivity (Wildman–Crippen MR) is 80.5 cm³/mol. The molecule has 0 radical (unpaired) electrons. The van der Waals surface area contributed by atoms with Gasteiger partial charge >= 0.3 is 0 Å². The van der Waals surface area contributed by atoms with Gasteiger partial charge in [0.15, 0.2) is 5.65 Å². The first-order valence-electron chi connectivity index (χ1n) is 7.48. The molecule has 114 valence electrons. The summed E-state index contributed by atoms with van der Waals surface area (Å²) < 4.78 is 1.72. The molecule has 1 atom stereocenters. The van der Waals surface area contributed by atoms with Gasteiger partial charge in [0.05, 0.1) is 18.1 Å². The third kappa shape index (κ3) is 2.84. The number of rotatable bonds is 4. The number of likely N-dealkylation sites (tertiary alicyclic amines) is 1. The van der Waals surface area contributed by atoms with Gasteiger partial charge in [0.2, 0.25) is 0 Å². The summed E-state index contributed by atoms with van der Waals surface area (Å²) in [5, 5.41) is 14.2. The van der Waals surface area contributed by atoms with Crippen molar-refractivity contribution in [1.29, 1.82) is 0 Å². The lowest BCUT2D eigenvalue weighted by Crippen LogP contribution is -2.39. The zero-order valence-corrected chi connectivity index (χ0v) is 12.4. The van der Waals surface area contributed by atoms with Crippen LogP contribution in [0.4, 0.5) is 5.82 Å². The van der Waals surface area contributed by atoms with E-state index in [1.165, 1.54) is 12.8 Å². The van der Waals surface area contributed by atoms with Gasteiger partial charge in [-0.1, -0.05) is 6.42 Å². The summed E-state index contributed by atoms with van der Waals surface area (Å²) in [6.45, 7) is 1.93. The highest BCUT2D eigenvalue weighted by molar-refractivity contribution is 5.84. The second-order valence-electron chi connectivity index (χ2n) is 5.66. The highest BCUT2D eigenvalue weighted by Gasteiger charge is 2.23. The number of fused-ring (bicyclic) bond motifs is 1. The SMILES string of the molecule is Cn1ncc2c(N)nc(CN3CCCCC3CCO)nc21. The fourth-order valence-electron chi connectivity index (χ4n) is 3.09. The van der Waals surface area contributed by atoms with Crippen molar-refractivity contribution in [3.05, 3.63) is 12.0 Å². The number of nitrogen functional groups attached to an aromatic ring is 1. The summed E-state index contributed by atoms with van der Waals surface area (Å²) in [5.41, 5.74) is 6.78. The molecule has 1 saturated heterocycles. The van der Waals surface area contributed by atoms with E-state index in [2.05, 4.69) is 20.0 Å². The molecular weight excluding hydrogens is 268 g/mol. The van der Waals surface area contributed by atoms with Crippen molar-refractivity contribution in [1.82, 2.24) is 24.6 Å². The van der Waals surface area contributed by atoms with Crippen molar-refractivity contribution in [2.75, 3.05) is 18.9 Å². The second kappa shape index (κ2) is 5.95. The van der Waals surface area contributed by atoms with E-state index in [4.69, 9.17) is 5.73 Å². The van der Waals surface area contributed by atoms with Crippen LogP contribution in [0.2, 0.25) is 0 Å². The first-order chi connectivity index (χ1) is 10.2. The number of hydrogen-bond acceptors (Lipinski definition) is 6. The Morgan fingerprint density at radius 2 is 2.24 bits per heavy atom. The fourth-order valence-corrected chi connectivity index (χ4v) is 3.09. The van der Waals surface area contributed by atoms with Gasteiger partial charge in [-0.05, 0) is 25.8 Å². The maximum absolute atomic E-state index is 9.21. The van der Waals surface area contributed by atoms with E-state index in [1.54, 1.807) is 10.9 Å². The maximum Gasteiger partial charge on any atom is 0.163 e. The van der Waals surface area contributed by atoms with Crippen LogP contribution in [-0.4, -0.2) is 48.9 Å². The van der Waals surface area contributed by atoms with Gasteiger partial charge in [-0.15, -0.1) is 0 Å². The molecular formula is C14H22N6O. The second-order valence-corrected chi connectivity index (χ2v) is 5.66. The van der Waals surface area contributed by atoms with Gasteiger partial charge < -0.3 is 10.8 Å². The molecule has 2 aromatic heterocycles. The molecule has 0 spiro atoms. The Labute approximate surface area is 123 Å². The normalized spacial score (nSPS) is 20.2. The number of hydrogen-bond donors (Lipinski definition) is 2. The van der Waals surface area contributed by atoms with Gasteiger partial charge in [0, 0.05) is 19.7 Å². The number of aryl methyl sites for hydroxylation is 1. The van der Waals surface area contributed by atoms with E-state index in [9.17, 15) is 5.11 Å². The quantitative estimate of drug-likeness (QED) is 0.860. The van der Waals surface area contributed by atoms with Gasteiger partial charge in [-0.25, -0.2) is 9.97 Å². The van der Waals surface area contributed by atoms with Crippen LogP contribution < -0.4 is 5.73 Å². The lowest BCUT2D eigenvalue weighted by Gasteiger charge is -2.34. The Morgan fingerprint density at radius 1 is 1.38 bits per heavy atom. The van der Waals surface area contributed by atoms with Crippen LogP contribution in [-0.2, 0) is 13.6 Å². The van der Waals surface area contributed by atoms with Crippen LogP contribution in [0.25, 0.3) is 11.0 Å². The highest BCUT2D eigenvalue weighted by Crippen LogP contribution is 2.22. The molecule has 1 aliphatic heterocycles. The van der Waals surface area contributed by atoms with Crippen molar-refractivity contribution in [3.63, 3.8) is 0 Å². The Morgan fingerprint density at radius 3 is 3.05 bits per heavy atom. The summed E-state index contributed by atoms with van der Waals surface area (Å²) >= 11 is 0. The van der Waals surface area contributed by atoms with Crippen LogP contribution in [0, 0.1) is 0 Å². The molecule has 0 amide bonds. The minimum absolute atomic E-state index is 0.227. The molecule has 21 heavy (non-hydrogen) atoms. The predicted octanol–water partition coefficient (Wildman–Crippen LogP) is 0.682. The topological polar surface area (TPSA) is 93.1 Å². The average molecular weight is 290 g/mol. The largest absolute Gasteiger partial charge is 0.396 e. The molecule has 1 fully saturated rings. The third-order valence-corrected chi connectivity index (χ3v) is 4.22. The zero-order chi connectivity index (χ0) is 14.8. The Hall–Kier alpha value is -1.73. The molecule has 1 unspecified atom stereocenters. The molecule has 3 N–H and O–H groups in total. The lowest BCUT2D eigenvalue weighted by molar-refractivity contribution is 0.110. The van der Waals surface area contributed by atoms with E-state index < -0.39 is 0 Å². The molecule has 1 aliphatic rings. The first-order valence-corrected chi connectivity index (χ1v) is 7.48. The number of nitrogens with zero attached hydrogens (tertiary/aromatic N) is 5. The van der Waals surface area contributed by atoms with E-state index in [1.807, 2.05) is 7.05 Å². The number of piperidine rings is 1. The van der Waals surface area contributed by atoms with Crippen LogP contribution >= 0.6 is 0 Å². The summed E-state index contributed by atoms with van der Waals surface area (Å²) in [5.74, 6) is 1.22. The van der Waals surface area contributed by atoms with E-state index >= 15 is 0 Å². The van der Waals surface area contributed by atoms with Gasteiger partial charge in [0.25, 0.3) is 0 Å². The number of aliphatic hydroxyl groups excluding tert-OH is 1. The smallest absolute Gasteiger partial charge is 0.163 e. The third-order valence-electron chi connectivity index (χ3n) is 4.22. The first kappa shape index (κ1) is 14.2. The molecule has 0 saturated carbocycles. The molecule has 3 rings (SSSR count). The maximum atomic E-state index is 9.21. The minimum atomic E-state index is 0.227. The van der Waals surface area contributed by atoms with Crippen molar-refractivity contribution in [3.8, 4) is 0 Å². The summed E-state index contributed by atoms with van der Waals surface area (Å²) in [6, 6.07) is 0.413. The Bertz CT molecular complexity index is 623. The molecule has 7 nitrogen and oxygen atoms in total. The van der Waals surface area contributed by atoms with Crippen molar-refractivity contribution in [2.45, 2.75) is 38.3 Å². The minimum Gasteiger partial charge on any atom is -0.396 e. The monoisotopic (exact) mass is 290 g/mol. The molecule has 3 heterocycles. The van der Waals surface area contributed by atoms with Crippen LogP contribution in [0.1, 0.15) is 31.5 Å². The zero-order valence-electron chi connectivity index (χ0n) is 12.4. The standard InChI is InChI=1S/C14H22N6O/c1-19-14-11(8-16-19)13(15)17-12(18-14)9-20-6-3-2-4-10(20)5-7-21/h8,10,21H,2-7,9H2,1H3,(H2,15,17,18). The van der Waals surface area contributed by atoms with E-state index in [0.29, 0.717) is 18.4 Å². The van der Waals surface area contributed by atoms with Gasteiger partial charge in [-0.2, -0.15) is 5.10 Å². The number of anilines is 1. The fraction of sp³-hybridized carbons (Fsp3) is 0.643. The van der Waals surface area contributed by atoms with Gasteiger partial charge in [-0.3, -0.25) is 9.58 Å². The van der Waals surface area contributed by atoms with Crippen LogP contribution in [0.3, 0.4) is 0 Å².